The molecule has 1 aromatic carbocycles. The number of hydrogen-bond donors (Lipinski definition) is 0. The second-order valence-electron chi connectivity index (χ2n) is 7.88. The van der Waals surface area contributed by atoms with Crippen molar-refractivity contribution in [2.75, 3.05) is 20.8 Å². The van der Waals surface area contributed by atoms with Gasteiger partial charge in [-0.2, -0.15) is 0 Å². The molecule has 2 aromatic rings. The number of amides is 2. The quantitative estimate of drug-likeness (QED) is 0.698. The molecule has 0 spiro atoms. The molecule has 160 valence electrons. The van der Waals surface area contributed by atoms with Crippen LogP contribution in [-0.2, 0) is 16.1 Å². The highest BCUT2D eigenvalue weighted by Crippen LogP contribution is 2.37. The molecule has 1 saturated heterocycles. The van der Waals surface area contributed by atoms with Crippen LogP contribution in [0.4, 0.5) is 0 Å². The van der Waals surface area contributed by atoms with E-state index in [-0.39, 0.29) is 24.4 Å². The van der Waals surface area contributed by atoms with Gasteiger partial charge in [0.15, 0.2) is 11.5 Å². The first-order valence-electron chi connectivity index (χ1n) is 10.5. The smallest absolute Gasteiger partial charge is 0.250 e. The number of rotatable bonds is 6. The van der Waals surface area contributed by atoms with Crippen LogP contribution in [0.1, 0.15) is 48.6 Å². The highest BCUT2D eigenvalue weighted by atomic mass is 32.1. The van der Waals surface area contributed by atoms with Gasteiger partial charge in [0.25, 0.3) is 5.91 Å². The van der Waals surface area contributed by atoms with Crippen molar-refractivity contribution in [1.82, 2.24) is 9.80 Å². The number of piperazine rings is 1. The normalized spacial score (nSPS) is 20.5. The van der Waals surface area contributed by atoms with E-state index in [1.165, 1.54) is 6.42 Å². The van der Waals surface area contributed by atoms with Crippen molar-refractivity contribution >= 4 is 23.2 Å². The summed E-state index contributed by atoms with van der Waals surface area (Å²) in [4.78, 5) is 31.6. The molecule has 2 fully saturated rings. The van der Waals surface area contributed by atoms with E-state index in [2.05, 4.69) is 0 Å². The molecule has 4 rings (SSSR count). The van der Waals surface area contributed by atoms with E-state index < -0.39 is 6.04 Å². The largest absolute Gasteiger partial charge is 0.493 e. The lowest BCUT2D eigenvalue weighted by molar-refractivity contribution is -0.159. The van der Waals surface area contributed by atoms with Crippen molar-refractivity contribution in [2.45, 2.75) is 50.7 Å². The Bertz CT molecular complexity index is 893. The molecule has 30 heavy (non-hydrogen) atoms. The minimum absolute atomic E-state index is 0.00489. The number of ether oxygens (including phenoxy) is 2. The molecular formula is C23H28N2O4S. The van der Waals surface area contributed by atoms with E-state index >= 15 is 0 Å². The van der Waals surface area contributed by atoms with Crippen LogP contribution < -0.4 is 9.47 Å². The number of nitrogens with zero attached hydrogens (tertiary/aromatic N) is 2. The molecule has 1 aromatic heterocycles. The van der Waals surface area contributed by atoms with Crippen molar-refractivity contribution in [3.63, 3.8) is 0 Å². The minimum Gasteiger partial charge on any atom is -0.493 e. The highest BCUT2D eigenvalue weighted by molar-refractivity contribution is 7.09. The first-order chi connectivity index (χ1) is 14.6. The molecule has 1 atom stereocenters. The van der Waals surface area contributed by atoms with E-state index in [9.17, 15) is 9.59 Å². The van der Waals surface area contributed by atoms with Crippen molar-refractivity contribution in [3.8, 4) is 11.5 Å². The number of methoxy groups -OCH3 is 2. The zero-order valence-corrected chi connectivity index (χ0v) is 18.3. The summed E-state index contributed by atoms with van der Waals surface area (Å²) in [6.07, 6.45) is 5.38. The third-order valence-electron chi connectivity index (χ3n) is 6.10. The predicted molar refractivity (Wildman–Crippen MR) is 116 cm³/mol. The Balaban J connectivity index is 1.71. The summed E-state index contributed by atoms with van der Waals surface area (Å²) < 4.78 is 10.8. The van der Waals surface area contributed by atoms with Crippen LogP contribution in [0, 0.1) is 0 Å². The van der Waals surface area contributed by atoms with Gasteiger partial charge in [0.05, 0.1) is 20.8 Å². The van der Waals surface area contributed by atoms with Gasteiger partial charge in [-0.1, -0.05) is 31.4 Å². The average Bonchev–Trinajstić information content (AvgIpc) is 3.29. The second-order valence-corrected chi connectivity index (χ2v) is 8.91. The van der Waals surface area contributed by atoms with E-state index in [1.54, 1.807) is 36.5 Å². The summed E-state index contributed by atoms with van der Waals surface area (Å²) in [6.45, 7) is 0.596. The Morgan fingerprint density at radius 3 is 2.47 bits per heavy atom. The van der Waals surface area contributed by atoms with E-state index in [0.29, 0.717) is 18.0 Å². The van der Waals surface area contributed by atoms with Crippen molar-refractivity contribution in [1.29, 1.82) is 0 Å². The fourth-order valence-electron chi connectivity index (χ4n) is 4.55. The molecule has 0 bridgehead atoms. The highest BCUT2D eigenvalue weighted by Gasteiger charge is 2.43. The Kier molecular flexibility index (Phi) is 6.27. The monoisotopic (exact) mass is 428 g/mol. The molecule has 1 unspecified atom stereocenters. The Labute approximate surface area is 181 Å². The summed E-state index contributed by atoms with van der Waals surface area (Å²) in [6, 6.07) is 8.95. The van der Waals surface area contributed by atoms with Crippen molar-refractivity contribution in [2.24, 2.45) is 0 Å². The number of carbonyl (C=O) groups is 2. The minimum atomic E-state index is -0.657. The molecule has 0 N–H and O–H groups in total. The lowest BCUT2D eigenvalue weighted by Crippen LogP contribution is -2.58. The average molecular weight is 429 g/mol. The van der Waals surface area contributed by atoms with Gasteiger partial charge < -0.3 is 19.3 Å². The summed E-state index contributed by atoms with van der Waals surface area (Å²) in [7, 11) is 3.16. The van der Waals surface area contributed by atoms with Crippen LogP contribution in [0.5, 0.6) is 11.5 Å². The molecule has 1 aliphatic carbocycles. The van der Waals surface area contributed by atoms with Crippen LogP contribution in [0.15, 0.2) is 35.7 Å². The van der Waals surface area contributed by atoms with E-state index in [0.717, 1.165) is 36.1 Å². The number of thiophene rings is 1. The van der Waals surface area contributed by atoms with E-state index in [1.807, 2.05) is 34.5 Å². The topological polar surface area (TPSA) is 59.1 Å². The molecule has 7 heteroatoms. The van der Waals surface area contributed by atoms with E-state index in [4.69, 9.17) is 9.47 Å². The van der Waals surface area contributed by atoms with Crippen molar-refractivity contribution < 1.29 is 19.1 Å². The maximum Gasteiger partial charge on any atom is 0.250 e. The summed E-state index contributed by atoms with van der Waals surface area (Å²) in [5.41, 5.74) is 0.753. The second kappa shape index (κ2) is 9.08. The predicted octanol–water partition coefficient (Wildman–Crippen LogP) is 4.01. The molecule has 0 radical (unpaired) electrons. The van der Waals surface area contributed by atoms with Gasteiger partial charge in [-0.15, -0.1) is 11.3 Å². The molecular weight excluding hydrogens is 400 g/mol. The number of carbonyl (C=O) groups excluding carboxylic acids is 2. The maximum atomic E-state index is 13.7. The fourth-order valence-corrected chi connectivity index (χ4v) is 5.25. The van der Waals surface area contributed by atoms with Gasteiger partial charge in [0, 0.05) is 10.9 Å². The number of hydrogen-bond acceptors (Lipinski definition) is 5. The molecule has 1 saturated carbocycles. The molecule has 6 nitrogen and oxygen atoms in total. The first kappa shape index (κ1) is 20.7. The number of benzene rings is 1. The maximum absolute atomic E-state index is 13.7. The van der Waals surface area contributed by atoms with Gasteiger partial charge in [-0.25, -0.2) is 0 Å². The Hall–Kier alpha value is -2.54. The lowest BCUT2D eigenvalue weighted by atomic mass is 9.91. The zero-order valence-electron chi connectivity index (χ0n) is 17.5. The van der Waals surface area contributed by atoms with Gasteiger partial charge in [-0.3, -0.25) is 9.59 Å². The fraction of sp³-hybridized carbons (Fsp3) is 0.478. The lowest BCUT2D eigenvalue weighted by Gasteiger charge is -2.44. The molecule has 2 aliphatic rings. The van der Waals surface area contributed by atoms with Crippen LogP contribution in [0.3, 0.4) is 0 Å². The molecule has 2 amide bonds. The standard InChI is InChI=1S/C23H28N2O4S/c1-28-19-11-10-16(13-20(19)29-2)22-23(27)24(17-7-4-3-5-8-17)15-21(26)25(22)14-18-9-6-12-30-18/h6,9-13,17,22H,3-5,7-8,14-15H2,1-2H3. The summed E-state index contributed by atoms with van der Waals surface area (Å²) >= 11 is 1.60. The first-order valence-corrected chi connectivity index (χ1v) is 11.3. The van der Waals surface area contributed by atoms with Gasteiger partial charge >= 0.3 is 0 Å². The van der Waals surface area contributed by atoms with Crippen LogP contribution in [0.2, 0.25) is 0 Å². The summed E-state index contributed by atoms with van der Waals surface area (Å²) in [5, 5.41) is 1.99. The SMILES string of the molecule is COc1ccc(C2C(=O)N(C3CCCCC3)CC(=O)N2Cc2cccs2)cc1OC. The summed E-state index contributed by atoms with van der Waals surface area (Å²) in [5.74, 6) is 1.16. The molecule has 1 aliphatic heterocycles. The zero-order chi connectivity index (χ0) is 21.1. The van der Waals surface area contributed by atoms with Crippen LogP contribution in [0.25, 0.3) is 0 Å². The van der Waals surface area contributed by atoms with Crippen molar-refractivity contribution in [3.05, 3.63) is 46.2 Å². The van der Waals surface area contributed by atoms with Gasteiger partial charge in [0.2, 0.25) is 5.91 Å². The van der Waals surface area contributed by atoms with Gasteiger partial charge in [-0.05, 0) is 42.0 Å². The third-order valence-corrected chi connectivity index (χ3v) is 6.96. The van der Waals surface area contributed by atoms with Crippen LogP contribution >= 0.6 is 11.3 Å². The Morgan fingerprint density at radius 2 is 1.80 bits per heavy atom. The van der Waals surface area contributed by atoms with Crippen LogP contribution in [-0.4, -0.2) is 48.4 Å². The van der Waals surface area contributed by atoms with Gasteiger partial charge in [0.1, 0.15) is 12.6 Å². The Morgan fingerprint density at radius 1 is 1.03 bits per heavy atom. The molecule has 2 heterocycles. The third kappa shape index (κ3) is 4.03.